The average Bonchev–Trinajstić information content (AvgIpc) is 3.34. The van der Waals surface area contributed by atoms with Crippen LogP contribution < -0.4 is 24.8 Å². The SMILES string of the molecule is COc1cc2nc(NC(=O)C(Oc3ccc(C(=O)NCCO)cc3)c3ccc(C#N)cc3)sc2cc1OC. The largest absolute Gasteiger partial charge is 0.493 e. The van der Waals surface area contributed by atoms with Crippen LogP contribution in [0.4, 0.5) is 5.13 Å². The Morgan fingerprint density at radius 1 is 1.05 bits per heavy atom. The second-order valence-corrected chi connectivity index (χ2v) is 8.95. The number of hydrogen-bond donors (Lipinski definition) is 3. The summed E-state index contributed by atoms with van der Waals surface area (Å²) in [6.07, 6.45) is -1.08. The molecule has 2 amide bonds. The van der Waals surface area contributed by atoms with Crippen molar-refractivity contribution in [1.82, 2.24) is 10.3 Å². The Bertz CT molecular complexity index is 1440. The summed E-state index contributed by atoms with van der Waals surface area (Å²) in [6, 6.07) is 18.3. The molecular formula is C27H24N4O6S. The number of fused-ring (bicyclic) bond motifs is 1. The Labute approximate surface area is 222 Å². The summed E-state index contributed by atoms with van der Waals surface area (Å²) in [4.78, 5) is 30.0. The third-order valence-corrected chi connectivity index (χ3v) is 6.41. The fraction of sp³-hybridized carbons (Fsp3) is 0.185. The fourth-order valence-corrected chi connectivity index (χ4v) is 4.46. The molecule has 0 saturated heterocycles. The van der Waals surface area contributed by atoms with E-state index in [0.717, 1.165) is 4.70 Å². The maximum Gasteiger partial charge on any atom is 0.271 e. The van der Waals surface area contributed by atoms with Gasteiger partial charge in [0, 0.05) is 29.8 Å². The highest BCUT2D eigenvalue weighted by Gasteiger charge is 2.25. The molecule has 1 aromatic heterocycles. The van der Waals surface area contributed by atoms with Crippen molar-refractivity contribution in [3.8, 4) is 23.3 Å². The molecule has 194 valence electrons. The highest BCUT2D eigenvalue weighted by atomic mass is 32.1. The van der Waals surface area contributed by atoms with Crippen molar-refractivity contribution in [3.05, 3.63) is 77.4 Å². The molecule has 0 aliphatic carbocycles. The summed E-state index contributed by atoms with van der Waals surface area (Å²) in [7, 11) is 3.08. The number of nitrogens with one attached hydrogen (secondary N) is 2. The third kappa shape index (κ3) is 6.00. The number of benzene rings is 3. The number of carbonyl (C=O) groups excluding carboxylic acids is 2. The van der Waals surface area contributed by atoms with E-state index in [1.54, 1.807) is 67.8 Å². The van der Waals surface area contributed by atoms with Crippen molar-refractivity contribution >= 4 is 38.5 Å². The van der Waals surface area contributed by atoms with Crippen LogP contribution in [0.15, 0.2) is 60.7 Å². The monoisotopic (exact) mass is 532 g/mol. The van der Waals surface area contributed by atoms with E-state index in [4.69, 9.17) is 24.6 Å². The van der Waals surface area contributed by atoms with Gasteiger partial charge in [0.05, 0.1) is 42.7 Å². The van der Waals surface area contributed by atoms with Gasteiger partial charge in [-0.05, 0) is 36.4 Å². The zero-order valence-corrected chi connectivity index (χ0v) is 21.4. The summed E-state index contributed by atoms with van der Waals surface area (Å²) in [5.41, 5.74) is 1.98. The van der Waals surface area contributed by atoms with Crippen molar-refractivity contribution < 1.29 is 28.9 Å². The molecule has 3 N–H and O–H groups in total. The number of methoxy groups -OCH3 is 2. The highest BCUT2D eigenvalue weighted by molar-refractivity contribution is 7.22. The lowest BCUT2D eigenvalue weighted by atomic mass is 10.1. The normalized spacial score (nSPS) is 11.3. The first kappa shape index (κ1) is 26.4. The van der Waals surface area contributed by atoms with Crippen LogP contribution in [0, 0.1) is 11.3 Å². The summed E-state index contributed by atoms with van der Waals surface area (Å²) < 4.78 is 17.5. The van der Waals surface area contributed by atoms with E-state index in [1.165, 1.54) is 18.4 Å². The summed E-state index contributed by atoms with van der Waals surface area (Å²) in [5, 5.41) is 23.8. The first-order valence-electron chi connectivity index (χ1n) is 11.4. The maximum atomic E-state index is 13.4. The number of thiazole rings is 1. The third-order valence-electron chi connectivity index (χ3n) is 5.47. The number of anilines is 1. The predicted octanol–water partition coefficient (Wildman–Crippen LogP) is 3.67. The second kappa shape index (κ2) is 12.1. The number of aromatic nitrogens is 1. The van der Waals surface area contributed by atoms with Crippen molar-refractivity contribution in [1.29, 1.82) is 5.26 Å². The number of aliphatic hydroxyl groups excluding tert-OH is 1. The number of nitriles is 1. The smallest absolute Gasteiger partial charge is 0.271 e. The van der Waals surface area contributed by atoms with Crippen LogP contribution in [0.5, 0.6) is 17.2 Å². The van der Waals surface area contributed by atoms with Crippen LogP contribution in [0.1, 0.15) is 27.6 Å². The van der Waals surface area contributed by atoms with E-state index in [-0.39, 0.29) is 19.1 Å². The predicted molar refractivity (Wildman–Crippen MR) is 142 cm³/mol. The van der Waals surface area contributed by atoms with Crippen molar-refractivity contribution in [2.45, 2.75) is 6.10 Å². The van der Waals surface area contributed by atoms with Crippen molar-refractivity contribution in [2.75, 3.05) is 32.7 Å². The number of amides is 2. The molecular weight excluding hydrogens is 508 g/mol. The topological polar surface area (TPSA) is 143 Å². The number of rotatable bonds is 10. The lowest BCUT2D eigenvalue weighted by Gasteiger charge is -2.19. The molecule has 0 spiro atoms. The molecule has 38 heavy (non-hydrogen) atoms. The van der Waals surface area contributed by atoms with Gasteiger partial charge in [-0.3, -0.25) is 14.9 Å². The Morgan fingerprint density at radius 2 is 1.74 bits per heavy atom. The molecule has 0 bridgehead atoms. The molecule has 11 heteroatoms. The van der Waals surface area contributed by atoms with Crippen LogP contribution in [-0.4, -0.2) is 49.3 Å². The van der Waals surface area contributed by atoms with Gasteiger partial charge in [0.2, 0.25) is 6.10 Å². The first-order valence-corrected chi connectivity index (χ1v) is 12.3. The molecule has 0 aliphatic rings. The minimum atomic E-state index is -1.08. The molecule has 1 atom stereocenters. The lowest BCUT2D eigenvalue weighted by Crippen LogP contribution is -2.26. The Kier molecular flexibility index (Phi) is 8.37. The molecule has 0 saturated carbocycles. The zero-order valence-electron chi connectivity index (χ0n) is 20.6. The van der Waals surface area contributed by atoms with Gasteiger partial charge < -0.3 is 24.6 Å². The number of hydrogen-bond acceptors (Lipinski definition) is 9. The van der Waals surface area contributed by atoms with Crippen LogP contribution in [-0.2, 0) is 4.79 Å². The number of carbonyl (C=O) groups is 2. The minimum Gasteiger partial charge on any atom is -0.493 e. The van der Waals surface area contributed by atoms with E-state index >= 15 is 0 Å². The standard InChI is InChI=1S/C27H24N4O6S/c1-35-21-13-20-23(14-22(21)36-2)38-27(30-20)31-26(34)24(17-5-3-16(15-28)4-6-17)37-19-9-7-18(8-10-19)25(33)29-11-12-32/h3-10,13-14,24,32H,11-12H2,1-2H3,(H,29,33)(H,30,31,34). The van der Waals surface area contributed by atoms with Gasteiger partial charge >= 0.3 is 0 Å². The van der Waals surface area contributed by atoms with Gasteiger partial charge in [-0.25, -0.2) is 4.98 Å². The molecule has 10 nitrogen and oxygen atoms in total. The number of ether oxygens (including phenoxy) is 3. The highest BCUT2D eigenvalue weighted by Crippen LogP contribution is 2.36. The lowest BCUT2D eigenvalue weighted by molar-refractivity contribution is -0.123. The Hall–Kier alpha value is -4.66. The van der Waals surface area contributed by atoms with Gasteiger partial charge in [0.15, 0.2) is 16.6 Å². The maximum absolute atomic E-state index is 13.4. The minimum absolute atomic E-state index is 0.142. The van der Waals surface area contributed by atoms with E-state index < -0.39 is 12.0 Å². The van der Waals surface area contributed by atoms with Gasteiger partial charge in [0.1, 0.15) is 5.75 Å². The van der Waals surface area contributed by atoms with Gasteiger partial charge in [-0.2, -0.15) is 5.26 Å². The van der Waals surface area contributed by atoms with Crippen LogP contribution in [0.2, 0.25) is 0 Å². The molecule has 4 rings (SSSR count). The van der Waals surface area contributed by atoms with Crippen LogP contribution >= 0.6 is 11.3 Å². The molecule has 0 fully saturated rings. The fourth-order valence-electron chi connectivity index (χ4n) is 3.58. The summed E-state index contributed by atoms with van der Waals surface area (Å²) >= 11 is 1.27. The average molecular weight is 533 g/mol. The van der Waals surface area contributed by atoms with E-state index in [2.05, 4.69) is 21.7 Å². The van der Waals surface area contributed by atoms with E-state index in [1.807, 2.05) is 0 Å². The summed E-state index contributed by atoms with van der Waals surface area (Å²) in [6.45, 7) is -0.0204. The Balaban J connectivity index is 1.59. The zero-order chi connectivity index (χ0) is 27.1. The van der Waals surface area contributed by atoms with Gasteiger partial charge in [0.25, 0.3) is 11.8 Å². The van der Waals surface area contributed by atoms with Gasteiger partial charge in [-0.15, -0.1) is 0 Å². The number of nitrogens with zero attached hydrogens (tertiary/aromatic N) is 2. The molecule has 3 aromatic carbocycles. The van der Waals surface area contributed by atoms with E-state index in [0.29, 0.717) is 44.6 Å². The molecule has 0 radical (unpaired) electrons. The van der Waals surface area contributed by atoms with Crippen LogP contribution in [0.3, 0.4) is 0 Å². The second-order valence-electron chi connectivity index (χ2n) is 7.92. The number of aliphatic hydroxyl groups is 1. The van der Waals surface area contributed by atoms with E-state index in [9.17, 15) is 9.59 Å². The van der Waals surface area contributed by atoms with Crippen molar-refractivity contribution in [2.24, 2.45) is 0 Å². The Morgan fingerprint density at radius 3 is 2.37 bits per heavy atom. The molecule has 1 heterocycles. The molecule has 1 unspecified atom stereocenters. The van der Waals surface area contributed by atoms with Gasteiger partial charge in [-0.1, -0.05) is 23.5 Å². The molecule has 4 aromatic rings. The quantitative estimate of drug-likeness (QED) is 0.281. The van der Waals surface area contributed by atoms with Crippen molar-refractivity contribution in [3.63, 3.8) is 0 Å². The van der Waals surface area contributed by atoms with Crippen LogP contribution in [0.25, 0.3) is 10.2 Å². The first-order chi connectivity index (χ1) is 18.4. The molecule has 0 aliphatic heterocycles. The summed E-state index contributed by atoms with van der Waals surface area (Å²) in [5.74, 6) is 0.616.